The van der Waals surface area contributed by atoms with E-state index < -0.39 is 5.63 Å². The van der Waals surface area contributed by atoms with Gasteiger partial charge in [0, 0.05) is 36.9 Å². The van der Waals surface area contributed by atoms with E-state index in [1.807, 2.05) is 10.8 Å². The number of nitrogens with one attached hydrogen (secondary N) is 1. The van der Waals surface area contributed by atoms with E-state index in [2.05, 4.69) is 10.3 Å². The molecule has 0 radical (unpaired) electrons. The van der Waals surface area contributed by atoms with Gasteiger partial charge in [-0.1, -0.05) is 11.6 Å². The van der Waals surface area contributed by atoms with E-state index >= 15 is 0 Å². The molecule has 1 amide bonds. The number of benzene rings is 1. The Morgan fingerprint density at radius 2 is 2.23 bits per heavy atom. The van der Waals surface area contributed by atoms with Gasteiger partial charge in [0.1, 0.15) is 11.3 Å². The molecule has 136 valence electrons. The van der Waals surface area contributed by atoms with Crippen LogP contribution in [0.5, 0.6) is 5.75 Å². The zero-order chi connectivity index (χ0) is 18.7. The Balaban J connectivity index is 1.68. The number of aromatic nitrogens is 2. The van der Waals surface area contributed by atoms with Crippen LogP contribution >= 0.6 is 11.6 Å². The molecule has 8 heteroatoms. The number of hydrogen-bond acceptors (Lipinski definition) is 5. The van der Waals surface area contributed by atoms with Crippen molar-refractivity contribution in [2.75, 3.05) is 6.54 Å². The van der Waals surface area contributed by atoms with Crippen LogP contribution in [0.2, 0.25) is 5.02 Å². The van der Waals surface area contributed by atoms with Crippen molar-refractivity contribution >= 4 is 28.5 Å². The Labute approximate surface area is 154 Å². The zero-order valence-electron chi connectivity index (χ0n) is 14.2. The minimum atomic E-state index is -0.592. The highest BCUT2D eigenvalue weighted by Gasteiger charge is 2.16. The molecule has 2 aromatic heterocycles. The number of halogens is 1. The lowest BCUT2D eigenvalue weighted by Crippen LogP contribution is -2.29. The van der Waals surface area contributed by atoms with E-state index in [-0.39, 0.29) is 34.2 Å². The van der Waals surface area contributed by atoms with E-state index in [0.29, 0.717) is 17.5 Å². The first kappa shape index (κ1) is 18.0. The van der Waals surface area contributed by atoms with Gasteiger partial charge in [0.2, 0.25) is 5.91 Å². The molecule has 0 fully saturated rings. The zero-order valence-corrected chi connectivity index (χ0v) is 14.9. The number of phenols is 1. The topological polar surface area (TPSA) is 97.4 Å². The van der Waals surface area contributed by atoms with Crippen LogP contribution in [0, 0.1) is 6.92 Å². The summed E-state index contributed by atoms with van der Waals surface area (Å²) >= 11 is 5.93. The van der Waals surface area contributed by atoms with Gasteiger partial charge >= 0.3 is 5.63 Å². The fourth-order valence-corrected chi connectivity index (χ4v) is 2.90. The van der Waals surface area contributed by atoms with E-state index in [1.165, 1.54) is 12.1 Å². The number of carbonyl (C=O) groups is 1. The average molecular weight is 376 g/mol. The van der Waals surface area contributed by atoms with Crippen molar-refractivity contribution in [3.63, 3.8) is 0 Å². The highest BCUT2D eigenvalue weighted by molar-refractivity contribution is 6.32. The number of fused-ring (bicyclic) bond motifs is 1. The second kappa shape index (κ2) is 7.61. The molecule has 0 spiro atoms. The Kier molecular flexibility index (Phi) is 5.27. The van der Waals surface area contributed by atoms with Gasteiger partial charge in [-0.05, 0) is 25.0 Å². The molecular formula is C18H18ClN3O4. The Morgan fingerprint density at radius 3 is 2.96 bits per heavy atom. The van der Waals surface area contributed by atoms with E-state index in [9.17, 15) is 14.7 Å². The number of rotatable bonds is 6. The summed E-state index contributed by atoms with van der Waals surface area (Å²) in [6.07, 6.45) is 5.95. The SMILES string of the molecule is Cc1c(CC(=O)NCCCn2ccnc2)c(=O)oc2cc(O)c(Cl)cc12. The minimum Gasteiger partial charge on any atom is -0.506 e. The molecular weight excluding hydrogens is 358 g/mol. The average Bonchev–Trinajstić information content (AvgIpc) is 3.11. The molecule has 2 N–H and O–H groups in total. The van der Waals surface area contributed by atoms with Crippen molar-refractivity contribution in [1.82, 2.24) is 14.9 Å². The molecule has 0 aliphatic rings. The maximum absolute atomic E-state index is 12.2. The first-order valence-electron chi connectivity index (χ1n) is 8.13. The number of aromatic hydroxyl groups is 1. The normalized spacial score (nSPS) is 11.0. The largest absolute Gasteiger partial charge is 0.506 e. The van der Waals surface area contributed by atoms with Crippen molar-refractivity contribution in [1.29, 1.82) is 0 Å². The van der Waals surface area contributed by atoms with Crippen LogP contribution in [0.4, 0.5) is 0 Å². The molecule has 0 saturated heterocycles. The third kappa shape index (κ3) is 3.88. The van der Waals surface area contributed by atoms with Crippen LogP contribution in [0.3, 0.4) is 0 Å². The van der Waals surface area contributed by atoms with Crippen molar-refractivity contribution in [3.8, 4) is 5.75 Å². The molecule has 26 heavy (non-hydrogen) atoms. The Morgan fingerprint density at radius 1 is 1.42 bits per heavy atom. The summed E-state index contributed by atoms with van der Waals surface area (Å²) in [6, 6.07) is 2.82. The van der Waals surface area contributed by atoms with Gasteiger partial charge in [-0.25, -0.2) is 9.78 Å². The van der Waals surface area contributed by atoms with E-state index in [0.717, 1.165) is 13.0 Å². The molecule has 7 nitrogen and oxygen atoms in total. The summed E-state index contributed by atoms with van der Waals surface area (Å²) in [6.45, 7) is 2.97. The third-order valence-corrected chi connectivity index (χ3v) is 4.47. The van der Waals surface area contributed by atoms with Gasteiger partial charge in [0.05, 0.1) is 23.3 Å². The Bertz CT molecular complexity index is 996. The van der Waals surface area contributed by atoms with Gasteiger partial charge in [-0.15, -0.1) is 0 Å². The maximum atomic E-state index is 12.2. The molecule has 3 rings (SSSR count). The lowest BCUT2D eigenvalue weighted by molar-refractivity contribution is -0.120. The van der Waals surface area contributed by atoms with E-state index in [1.54, 1.807) is 19.4 Å². The molecule has 0 saturated carbocycles. The number of aryl methyl sites for hydroxylation is 2. The first-order chi connectivity index (χ1) is 12.5. The third-order valence-electron chi connectivity index (χ3n) is 4.17. The smallest absolute Gasteiger partial charge is 0.340 e. The number of carbonyl (C=O) groups excluding carboxylic acids is 1. The van der Waals surface area contributed by atoms with Crippen molar-refractivity contribution in [3.05, 3.63) is 57.4 Å². The van der Waals surface area contributed by atoms with Gasteiger partial charge in [-0.3, -0.25) is 4.79 Å². The predicted molar refractivity (Wildman–Crippen MR) is 97.5 cm³/mol. The minimum absolute atomic E-state index is 0.0757. The highest BCUT2D eigenvalue weighted by Crippen LogP contribution is 2.30. The van der Waals surface area contributed by atoms with Gasteiger partial charge in [-0.2, -0.15) is 0 Å². The van der Waals surface area contributed by atoms with Crippen LogP contribution in [0.1, 0.15) is 17.5 Å². The second-order valence-corrected chi connectivity index (χ2v) is 6.38. The number of amides is 1. The molecule has 2 heterocycles. The van der Waals surface area contributed by atoms with E-state index in [4.69, 9.17) is 16.0 Å². The fraction of sp³-hybridized carbons (Fsp3) is 0.278. The predicted octanol–water partition coefficient (Wildman–Crippen LogP) is 2.41. The lowest BCUT2D eigenvalue weighted by atomic mass is 10.0. The number of imidazole rings is 1. The summed E-state index contributed by atoms with van der Waals surface area (Å²) in [4.78, 5) is 28.3. The molecule has 3 aromatic rings. The van der Waals surface area contributed by atoms with Crippen molar-refractivity contribution in [2.45, 2.75) is 26.3 Å². The summed E-state index contributed by atoms with van der Waals surface area (Å²) in [7, 11) is 0. The van der Waals surface area contributed by atoms with Crippen LogP contribution in [0.25, 0.3) is 11.0 Å². The summed E-state index contributed by atoms with van der Waals surface area (Å²) < 4.78 is 7.14. The first-order valence-corrected chi connectivity index (χ1v) is 8.50. The van der Waals surface area contributed by atoms with Crippen molar-refractivity contribution in [2.24, 2.45) is 0 Å². The number of phenolic OH excluding ortho intramolecular Hbond substituents is 1. The van der Waals surface area contributed by atoms with Gasteiger partial charge in [0.15, 0.2) is 0 Å². The summed E-state index contributed by atoms with van der Waals surface area (Å²) in [5, 5.41) is 13.2. The monoisotopic (exact) mass is 375 g/mol. The Hall–Kier alpha value is -2.80. The number of nitrogens with zero attached hydrogens (tertiary/aromatic N) is 2. The van der Waals surface area contributed by atoms with Crippen molar-refractivity contribution < 1.29 is 14.3 Å². The quantitative estimate of drug-likeness (QED) is 0.509. The molecule has 0 aliphatic carbocycles. The standard InChI is InChI=1S/C18H18ClN3O4/c1-11-12-7-14(19)15(23)9-16(12)26-18(25)13(11)8-17(24)21-3-2-5-22-6-4-20-10-22/h4,6-7,9-10,23H,2-3,5,8H2,1H3,(H,21,24). The van der Waals surface area contributed by atoms with Crippen LogP contribution in [0.15, 0.2) is 40.1 Å². The summed E-state index contributed by atoms with van der Waals surface area (Å²) in [5.41, 5.74) is 0.544. The van der Waals surface area contributed by atoms with Crippen LogP contribution < -0.4 is 10.9 Å². The summed E-state index contributed by atoms with van der Waals surface area (Å²) in [5.74, 6) is -0.416. The number of hydrogen-bond donors (Lipinski definition) is 2. The maximum Gasteiger partial charge on any atom is 0.340 e. The highest BCUT2D eigenvalue weighted by atomic mass is 35.5. The van der Waals surface area contributed by atoms with Gasteiger partial charge in [0.25, 0.3) is 0 Å². The lowest BCUT2D eigenvalue weighted by Gasteiger charge is -2.09. The van der Waals surface area contributed by atoms with Gasteiger partial charge < -0.3 is 19.4 Å². The van der Waals surface area contributed by atoms with Crippen LogP contribution in [-0.2, 0) is 17.8 Å². The molecule has 0 atom stereocenters. The molecule has 0 bridgehead atoms. The fourth-order valence-electron chi connectivity index (χ4n) is 2.73. The molecule has 1 aromatic carbocycles. The van der Waals surface area contributed by atoms with Crippen LogP contribution in [-0.4, -0.2) is 27.1 Å². The molecule has 0 aliphatic heterocycles. The molecule has 0 unspecified atom stereocenters. The second-order valence-electron chi connectivity index (χ2n) is 5.97.